The van der Waals surface area contributed by atoms with Crippen molar-refractivity contribution in [2.24, 2.45) is 7.05 Å². The van der Waals surface area contributed by atoms with E-state index in [1.807, 2.05) is 23.1 Å². The van der Waals surface area contributed by atoms with E-state index in [0.717, 1.165) is 42.3 Å². The minimum absolute atomic E-state index is 0.110. The second-order valence-corrected chi connectivity index (χ2v) is 5.06. The van der Waals surface area contributed by atoms with Gasteiger partial charge in [-0.2, -0.15) is 4.98 Å². The standard InChI is InChI=1S/C11H14N4OS/c1-14-8-2-7-17-9(8)10(16)13-11(14)15-5-3-12-4-6-15/h2,7,12H,3-6H2,1H3. The lowest BCUT2D eigenvalue weighted by Crippen LogP contribution is -2.45. The fourth-order valence-corrected chi connectivity index (χ4v) is 3.00. The summed E-state index contributed by atoms with van der Waals surface area (Å²) in [7, 11) is 1.97. The Labute approximate surface area is 103 Å². The highest BCUT2D eigenvalue weighted by Gasteiger charge is 2.17. The van der Waals surface area contributed by atoms with Gasteiger partial charge in [0, 0.05) is 33.2 Å². The molecule has 1 aliphatic heterocycles. The van der Waals surface area contributed by atoms with Crippen molar-refractivity contribution in [3.8, 4) is 0 Å². The molecule has 3 rings (SSSR count). The molecule has 2 aromatic heterocycles. The zero-order valence-corrected chi connectivity index (χ0v) is 10.5. The number of piperazine rings is 1. The average Bonchev–Trinajstić information content (AvgIpc) is 2.85. The summed E-state index contributed by atoms with van der Waals surface area (Å²) in [6.07, 6.45) is 0. The highest BCUT2D eigenvalue weighted by molar-refractivity contribution is 7.17. The molecular weight excluding hydrogens is 236 g/mol. The molecule has 17 heavy (non-hydrogen) atoms. The number of nitrogens with zero attached hydrogens (tertiary/aromatic N) is 3. The number of aromatic nitrogens is 2. The topological polar surface area (TPSA) is 50.2 Å². The number of thiophene rings is 1. The van der Waals surface area contributed by atoms with E-state index in [9.17, 15) is 4.79 Å². The largest absolute Gasteiger partial charge is 0.340 e. The quantitative estimate of drug-likeness (QED) is 0.796. The maximum atomic E-state index is 11.9. The maximum absolute atomic E-state index is 11.9. The number of anilines is 1. The van der Waals surface area contributed by atoms with Crippen LogP contribution in [0.2, 0.25) is 0 Å². The molecule has 3 heterocycles. The van der Waals surface area contributed by atoms with Crippen LogP contribution in [0.1, 0.15) is 0 Å². The Morgan fingerprint density at radius 2 is 2.18 bits per heavy atom. The molecule has 0 amide bonds. The molecule has 0 aromatic carbocycles. The zero-order valence-electron chi connectivity index (χ0n) is 9.64. The third-order valence-electron chi connectivity index (χ3n) is 3.10. The highest BCUT2D eigenvalue weighted by atomic mass is 32.1. The Morgan fingerprint density at radius 3 is 2.94 bits per heavy atom. The van der Waals surface area contributed by atoms with Crippen molar-refractivity contribution in [3.63, 3.8) is 0 Å². The number of hydrogen-bond acceptors (Lipinski definition) is 5. The average molecular weight is 250 g/mol. The summed E-state index contributed by atoms with van der Waals surface area (Å²) in [5.74, 6) is 0.780. The van der Waals surface area contributed by atoms with Gasteiger partial charge >= 0.3 is 0 Å². The molecule has 0 spiro atoms. The number of hydrogen-bond donors (Lipinski definition) is 1. The first-order chi connectivity index (χ1) is 8.27. The minimum Gasteiger partial charge on any atom is -0.340 e. The second kappa shape index (κ2) is 4.12. The summed E-state index contributed by atoms with van der Waals surface area (Å²) < 4.78 is 2.75. The number of rotatable bonds is 1. The summed E-state index contributed by atoms with van der Waals surface area (Å²) in [6, 6.07) is 1.98. The molecule has 0 unspecified atom stereocenters. The van der Waals surface area contributed by atoms with E-state index in [1.54, 1.807) is 0 Å². The van der Waals surface area contributed by atoms with Gasteiger partial charge in [0.25, 0.3) is 5.56 Å². The van der Waals surface area contributed by atoms with Gasteiger partial charge in [0.05, 0.1) is 5.52 Å². The van der Waals surface area contributed by atoms with Crippen molar-refractivity contribution in [3.05, 3.63) is 21.8 Å². The fraction of sp³-hybridized carbons (Fsp3) is 0.455. The van der Waals surface area contributed by atoms with Crippen LogP contribution in [0.15, 0.2) is 16.2 Å². The lowest BCUT2D eigenvalue weighted by atomic mass is 10.4. The molecule has 0 radical (unpaired) electrons. The van der Waals surface area contributed by atoms with Gasteiger partial charge in [-0.1, -0.05) is 0 Å². The molecule has 0 atom stereocenters. The van der Waals surface area contributed by atoms with Crippen LogP contribution in [0.3, 0.4) is 0 Å². The Kier molecular flexibility index (Phi) is 2.60. The van der Waals surface area contributed by atoms with Crippen molar-refractivity contribution in [1.82, 2.24) is 14.9 Å². The molecule has 0 aliphatic carbocycles. The molecule has 0 saturated carbocycles. The van der Waals surface area contributed by atoms with E-state index in [2.05, 4.69) is 15.2 Å². The van der Waals surface area contributed by atoms with E-state index in [0.29, 0.717) is 0 Å². The van der Waals surface area contributed by atoms with E-state index in [-0.39, 0.29) is 5.56 Å². The zero-order chi connectivity index (χ0) is 11.8. The maximum Gasteiger partial charge on any atom is 0.292 e. The monoisotopic (exact) mass is 250 g/mol. The molecule has 2 aromatic rings. The van der Waals surface area contributed by atoms with Gasteiger partial charge in [-0.15, -0.1) is 11.3 Å². The Morgan fingerprint density at radius 1 is 1.41 bits per heavy atom. The van der Waals surface area contributed by atoms with Crippen molar-refractivity contribution in [2.75, 3.05) is 31.1 Å². The SMILES string of the molecule is Cn1c(N2CCNCC2)nc(=O)c2sccc21. The van der Waals surface area contributed by atoms with Crippen LogP contribution >= 0.6 is 11.3 Å². The summed E-state index contributed by atoms with van der Waals surface area (Å²) in [5, 5.41) is 5.24. The lowest BCUT2D eigenvalue weighted by molar-refractivity contribution is 0.572. The smallest absolute Gasteiger partial charge is 0.292 e. The van der Waals surface area contributed by atoms with Crippen LogP contribution in [0.25, 0.3) is 10.2 Å². The lowest BCUT2D eigenvalue weighted by Gasteiger charge is -2.29. The van der Waals surface area contributed by atoms with Crippen LogP contribution in [-0.4, -0.2) is 35.7 Å². The van der Waals surface area contributed by atoms with Gasteiger partial charge in [0.1, 0.15) is 4.70 Å². The highest BCUT2D eigenvalue weighted by Crippen LogP contribution is 2.20. The van der Waals surface area contributed by atoms with Crippen molar-refractivity contribution >= 4 is 27.5 Å². The summed E-state index contributed by atoms with van der Waals surface area (Å²) in [5.41, 5.74) is 0.866. The third kappa shape index (κ3) is 1.73. The Balaban J connectivity index is 2.15. The second-order valence-electron chi connectivity index (χ2n) is 4.15. The van der Waals surface area contributed by atoms with E-state index in [1.165, 1.54) is 11.3 Å². The summed E-state index contributed by atoms with van der Waals surface area (Å²) in [4.78, 5) is 18.3. The number of aryl methyl sites for hydroxylation is 1. The molecule has 1 N–H and O–H groups in total. The van der Waals surface area contributed by atoms with Gasteiger partial charge in [-0.3, -0.25) is 4.79 Å². The molecular formula is C11H14N4OS. The molecule has 1 fully saturated rings. The molecule has 6 heteroatoms. The van der Waals surface area contributed by atoms with Crippen molar-refractivity contribution < 1.29 is 0 Å². The summed E-state index contributed by atoms with van der Waals surface area (Å²) in [6.45, 7) is 3.68. The number of nitrogens with one attached hydrogen (secondary N) is 1. The molecule has 90 valence electrons. The van der Waals surface area contributed by atoms with Gasteiger partial charge in [0.15, 0.2) is 0 Å². The minimum atomic E-state index is -0.110. The Bertz CT molecular complexity index is 597. The van der Waals surface area contributed by atoms with Gasteiger partial charge in [0.2, 0.25) is 5.95 Å². The van der Waals surface area contributed by atoms with Crippen LogP contribution < -0.4 is 15.8 Å². The van der Waals surface area contributed by atoms with Gasteiger partial charge < -0.3 is 14.8 Å². The van der Waals surface area contributed by atoms with Crippen molar-refractivity contribution in [2.45, 2.75) is 0 Å². The molecule has 5 nitrogen and oxygen atoms in total. The first-order valence-corrected chi connectivity index (χ1v) is 6.55. The molecule has 1 aliphatic rings. The van der Waals surface area contributed by atoms with Gasteiger partial charge in [-0.05, 0) is 11.4 Å². The first-order valence-electron chi connectivity index (χ1n) is 5.67. The van der Waals surface area contributed by atoms with Crippen LogP contribution in [0.4, 0.5) is 5.95 Å². The van der Waals surface area contributed by atoms with Gasteiger partial charge in [-0.25, -0.2) is 0 Å². The predicted octanol–water partition coefficient (Wildman–Crippen LogP) is 0.405. The van der Waals surface area contributed by atoms with Crippen LogP contribution in [-0.2, 0) is 7.05 Å². The number of fused-ring (bicyclic) bond motifs is 1. The van der Waals surface area contributed by atoms with Crippen LogP contribution in [0, 0.1) is 0 Å². The summed E-state index contributed by atoms with van der Waals surface area (Å²) >= 11 is 1.46. The predicted molar refractivity (Wildman–Crippen MR) is 69.9 cm³/mol. The fourth-order valence-electron chi connectivity index (χ4n) is 2.20. The van der Waals surface area contributed by atoms with Crippen molar-refractivity contribution in [1.29, 1.82) is 0 Å². The third-order valence-corrected chi connectivity index (χ3v) is 3.99. The molecule has 0 bridgehead atoms. The normalized spacial score (nSPS) is 16.6. The van der Waals surface area contributed by atoms with E-state index < -0.39 is 0 Å². The van der Waals surface area contributed by atoms with E-state index in [4.69, 9.17) is 0 Å². The van der Waals surface area contributed by atoms with E-state index >= 15 is 0 Å². The van der Waals surface area contributed by atoms with Crippen LogP contribution in [0.5, 0.6) is 0 Å². The first kappa shape index (κ1) is 10.7. The molecule has 1 saturated heterocycles. The Hall–Kier alpha value is -1.40.